The molecule has 2 N–H and O–H groups in total. The Balaban J connectivity index is 1.44. The van der Waals surface area contributed by atoms with Crippen LogP contribution >= 0.6 is 0 Å². The number of aromatic nitrogens is 2. The topological polar surface area (TPSA) is 52.1 Å². The number of nitrogens with one attached hydrogen (secondary N) is 1. The zero-order valence-corrected chi connectivity index (χ0v) is 14.5. The molecule has 4 nitrogen and oxygen atoms in total. The van der Waals surface area contributed by atoms with E-state index in [4.69, 9.17) is 0 Å². The lowest BCUT2D eigenvalue weighted by Gasteiger charge is -2.32. The molecule has 0 saturated carbocycles. The Morgan fingerprint density at radius 3 is 2.69 bits per heavy atom. The van der Waals surface area contributed by atoms with Gasteiger partial charge in [0.2, 0.25) is 0 Å². The molecule has 0 atom stereocenters. The number of rotatable bonds is 4. The number of hydrogen-bond acceptors (Lipinski definition) is 3. The van der Waals surface area contributed by atoms with Crippen molar-refractivity contribution >= 4 is 0 Å². The highest BCUT2D eigenvalue weighted by Gasteiger charge is 2.24. The number of H-pyrrole nitrogens is 1. The Bertz CT molecular complexity index is 884. The van der Waals surface area contributed by atoms with Crippen LogP contribution in [0.3, 0.4) is 0 Å². The molecular weight excluding hydrogens is 329 g/mol. The van der Waals surface area contributed by atoms with Gasteiger partial charge in [0.15, 0.2) is 0 Å². The first-order valence-corrected chi connectivity index (χ1v) is 8.99. The average Bonchev–Trinajstić information content (AvgIpc) is 3.14. The van der Waals surface area contributed by atoms with Crippen molar-refractivity contribution < 1.29 is 9.50 Å². The van der Waals surface area contributed by atoms with Crippen LogP contribution < -0.4 is 0 Å². The lowest BCUT2D eigenvalue weighted by atomic mass is 9.89. The van der Waals surface area contributed by atoms with Gasteiger partial charge in [-0.05, 0) is 49.7 Å². The highest BCUT2D eigenvalue weighted by Crippen LogP contribution is 2.34. The van der Waals surface area contributed by atoms with Crippen LogP contribution in [-0.2, 0) is 6.54 Å². The van der Waals surface area contributed by atoms with Crippen LogP contribution in [0.1, 0.15) is 30.0 Å². The molecule has 1 saturated heterocycles. The second-order valence-corrected chi connectivity index (χ2v) is 6.89. The van der Waals surface area contributed by atoms with E-state index in [0.717, 1.165) is 54.9 Å². The van der Waals surface area contributed by atoms with Gasteiger partial charge in [-0.2, -0.15) is 5.10 Å². The summed E-state index contributed by atoms with van der Waals surface area (Å²) < 4.78 is 13.6. The number of aromatic hydroxyl groups is 1. The molecule has 0 spiro atoms. The molecule has 5 heteroatoms. The summed E-state index contributed by atoms with van der Waals surface area (Å²) in [6.07, 6.45) is 3.81. The molecule has 0 radical (unpaired) electrons. The molecule has 134 valence electrons. The van der Waals surface area contributed by atoms with Gasteiger partial charge in [-0.1, -0.05) is 30.3 Å². The second kappa shape index (κ2) is 7.30. The summed E-state index contributed by atoms with van der Waals surface area (Å²) >= 11 is 0. The third-order valence-corrected chi connectivity index (χ3v) is 5.19. The van der Waals surface area contributed by atoms with Gasteiger partial charge in [0.25, 0.3) is 0 Å². The number of halogens is 1. The number of phenols is 1. The lowest BCUT2D eigenvalue weighted by molar-refractivity contribution is 0.201. The molecule has 1 fully saturated rings. The molecule has 2 aromatic carbocycles. The summed E-state index contributed by atoms with van der Waals surface area (Å²) in [6, 6.07) is 14.2. The summed E-state index contributed by atoms with van der Waals surface area (Å²) in [5.41, 5.74) is 3.92. The predicted molar refractivity (Wildman–Crippen MR) is 99.3 cm³/mol. The zero-order chi connectivity index (χ0) is 17.9. The van der Waals surface area contributed by atoms with Crippen molar-refractivity contribution in [3.05, 3.63) is 71.8 Å². The van der Waals surface area contributed by atoms with Crippen molar-refractivity contribution in [3.63, 3.8) is 0 Å². The Kier molecular flexibility index (Phi) is 4.71. The smallest absolute Gasteiger partial charge is 0.123 e. The van der Waals surface area contributed by atoms with Crippen LogP contribution in [0.4, 0.5) is 4.39 Å². The molecule has 26 heavy (non-hydrogen) atoms. The van der Waals surface area contributed by atoms with Crippen molar-refractivity contribution in [2.45, 2.75) is 25.3 Å². The summed E-state index contributed by atoms with van der Waals surface area (Å²) in [6.45, 7) is 2.68. The van der Waals surface area contributed by atoms with Crippen molar-refractivity contribution in [1.29, 1.82) is 0 Å². The molecule has 0 aliphatic carbocycles. The van der Waals surface area contributed by atoms with E-state index in [1.54, 1.807) is 24.4 Å². The second-order valence-electron chi connectivity index (χ2n) is 6.89. The van der Waals surface area contributed by atoms with Gasteiger partial charge in [0.1, 0.15) is 11.6 Å². The van der Waals surface area contributed by atoms with Crippen molar-refractivity contribution in [1.82, 2.24) is 15.1 Å². The van der Waals surface area contributed by atoms with Crippen LogP contribution in [-0.4, -0.2) is 33.3 Å². The first kappa shape index (κ1) is 16.8. The largest absolute Gasteiger partial charge is 0.508 e. The number of benzene rings is 2. The van der Waals surface area contributed by atoms with E-state index in [0.29, 0.717) is 11.7 Å². The third-order valence-electron chi connectivity index (χ3n) is 5.19. The lowest BCUT2D eigenvalue weighted by Crippen LogP contribution is -2.32. The van der Waals surface area contributed by atoms with Gasteiger partial charge in [-0.15, -0.1) is 0 Å². The van der Waals surface area contributed by atoms with E-state index in [9.17, 15) is 9.50 Å². The van der Waals surface area contributed by atoms with Crippen LogP contribution in [0, 0.1) is 5.82 Å². The molecule has 1 aliphatic rings. The first-order valence-electron chi connectivity index (χ1n) is 8.99. The third kappa shape index (κ3) is 3.48. The quantitative estimate of drug-likeness (QED) is 0.737. The van der Waals surface area contributed by atoms with E-state index in [1.165, 1.54) is 6.07 Å². The van der Waals surface area contributed by atoms with Gasteiger partial charge in [-0.3, -0.25) is 10.00 Å². The molecule has 3 aromatic rings. The van der Waals surface area contributed by atoms with E-state index < -0.39 is 0 Å². The Labute approximate surface area is 152 Å². The molecule has 0 bridgehead atoms. The van der Waals surface area contributed by atoms with Crippen molar-refractivity contribution in [2.75, 3.05) is 13.1 Å². The van der Waals surface area contributed by atoms with Gasteiger partial charge < -0.3 is 5.11 Å². The van der Waals surface area contributed by atoms with Gasteiger partial charge in [-0.25, -0.2) is 4.39 Å². The first-order chi connectivity index (χ1) is 12.7. The number of likely N-dealkylation sites (tertiary alicyclic amines) is 1. The molecule has 0 unspecified atom stereocenters. The zero-order valence-electron chi connectivity index (χ0n) is 14.5. The maximum Gasteiger partial charge on any atom is 0.123 e. The van der Waals surface area contributed by atoms with Gasteiger partial charge in [0, 0.05) is 29.3 Å². The fraction of sp³-hybridized carbons (Fsp3) is 0.286. The highest BCUT2D eigenvalue weighted by atomic mass is 19.1. The highest BCUT2D eigenvalue weighted by molar-refractivity contribution is 5.65. The summed E-state index contributed by atoms with van der Waals surface area (Å²) in [7, 11) is 0. The van der Waals surface area contributed by atoms with Gasteiger partial charge in [0.05, 0.1) is 6.20 Å². The minimum atomic E-state index is -0.230. The van der Waals surface area contributed by atoms with E-state index in [2.05, 4.69) is 15.1 Å². The molecule has 2 heterocycles. The van der Waals surface area contributed by atoms with Crippen LogP contribution in [0.15, 0.2) is 54.7 Å². The summed E-state index contributed by atoms with van der Waals surface area (Å²) in [4.78, 5) is 2.36. The molecule has 1 aromatic heterocycles. The van der Waals surface area contributed by atoms with E-state index in [1.807, 2.05) is 24.3 Å². The summed E-state index contributed by atoms with van der Waals surface area (Å²) in [5, 5.41) is 17.3. The predicted octanol–water partition coefficient (Wildman–Crippen LogP) is 4.30. The number of aromatic amines is 1. The maximum atomic E-state index is 13.6. The minimum absolute atomic E-state index is 0.230. The number of hydrogen-bond donors (Lipinski definition) is 2. The number of phenolic OH excluding ortho intramolecular Hbond substituents is 1. The SMILES string of the molecule is Oc1ccccc1CN1CCC(c2[nH]ncc2-c2cccc(F)c2)CC1. The molecule has 0 amide bonds. The van der Waals surface area contributed by atoms with E-state index >= 15 is 0 Å². The van der Waals surface area contributed by atoms with E-state index in [-0.39, 0.29) is 5.82 Å². The summed E-state index contributed by atoms with van der Waals surface area (Å²) in [5.74, 6) is 0.514. The van der Waals surface area contributed by atoms with Crippen LogP contribution in [0.2, 0.25) is 0 Å². The van der Waals surface area contributed by atoms with Crippen LogP contribution in [0.25, 0.3) is 11.1 Å². The number of para-hydroxylation sites is 1. The molecular formula is C21H22FN3O. The Morgan fingerprint density at radius 2 is 1.92 bits per heavy atom. The van der Waals surface area contributed by atoms with Crippen molar-refractivity contribution in [3.8, 4) is 16.9 Å². The van der Waals surface area contributed by atoms with Crippen molar-refractivity contribution in [2.24, 2.45) is 0 Å². The van der Waals surface area contributed by atoms with Gasteiger partial charge >= 0.3 is 0 Å². The fourth-order valence-electron chi connectivity index (χ4n) is 3.76. The monoisotopic (exact) mass is 351 g/mol. The standard InChI is InChI=1S/C21H22FN3O/c22-18-6-3-5-16(12-18)19-13-23-24-21(19)15-8-10-25(11-9-15)14-17-4-1-2-7-20(17)26/h1-7,12-13,15,26H,8-11,14H2,(H,23,24). The fourth-order valence-corrected chi connectivity index (χ4v) is 3.76. The van der Waals surface area contributed by atoms with Crippen LogP contribution in [0.5, 0.6) is 5.75 Å². The Hall–Kier alpha value is -2.66. The maximum absolute atomic E-state index is 13.6. The Morgan fingerprint density at radius 1 is 1.12 bits per heavy atom. The minimum Gasteiger partial charge on any atom is -0.508 e. The molecule has 4 rings (SSSR count). The molecule has 1 aliphatic heterocycles. The number of nitrogens with zero attached hydrogens (tertiary/aromatic N) is 2. The number of piperidine rings is 1. The normalized spacial score (nSPS) is 16.0. The average molecular weight is 351 g/mol.